The summed E-state index contributed by atoms with van der Waals surface area (Å²) in [6.07, 6.45) is 1.87. The molecule has 182 valence electrons. The highest BCUT2D eigenvalue weighted by Gasteiger charge is 2.33. The van der Waals surface area contributed by atoms with Crippen molar-refractivity contribution in [2.24, 2.45) is 5.41 Å². The summed E-state index contributed by atoms with van der Waals surface area (Å²) in [6.45, 7) is 5.89. The lowest BCUT2D eigenvalue weighted by molar-refractivity contribution is 0.250. The first-order chi connectivity index (χ1) is 16.9. The van der Waals surface area contributed by atoms with E-state index in [0.29, 0.717) is 24.0 Å². The summed E-state index contributed by atoms with van der Waals surface area (Å²) in [5.41, 5.74) is 1.98. The van der Waals surface area contributed by atoms with Gasteiger partial charge in [0.05, 0.1) is 12.5 Å². The molecule has 5 nitrogen and oxygen atoms in total. The third-order valence-corrected chi connectivity index (χ3v) is 6.76. The number of methoxy groups -OCH3 is 1. The van der Waals surface area contributed by atoms with E-state index in [9.17, 15) is 0 Å². The van der Waals surface area contributed by atoms with Crippen molar-refractivity contribution in [3.63, 3.8) is 0 Å². The van der Waals surface area contributed by atoms with E-state index < -0.39 is 17.4 Å². The first-order valence-corrected chi connectivity index (χ1v) is 11.8. The lowest BCUT2D eigenvalue weighted by atomic mass is 9.83. The van der Waals surface area contributed by atoms with Gasteiger partial charge < -0.3 is 9.47 Å². The van der Waals surface area contributed by atoms with Crippen LogP contribution in [-0.2, 0) is 6.61 Å². The normalized spacial score (nSPS) is 15.4. The molecule has 0 amide bonds. The van der Waals surface area contributed by atoms with Gasteiger partial charge in [-0.05, 0) is 29.4 Å². The molecule has 1 saturated heterocycles. The van der Waals surface area contributed by atoms with Crippen molar-refractivity contribution in [3.05, 3.63) is 77.9 Å². The third kappa shape index (κ3) is 4.31. The van der Waals surface area contributed by atoms with E-state index in [-0.39, 0.29) is 29.0 Å². The van der Waals surface area contributed by atoms with Crippen LogP contribution in [0.15, 0.2) is 60.7 Å². The molecule has 4 aromatic rings. The third-order valence-electron chi connectivity index (χ3n) is 6.76. The monoisotopic (exact) mass is 477 g/mol. The zero-order valence-electron chi connectivity index (χ0n) is 20.2. The lowest BCUT2D eigenvalue weighted by Gasteiger charge is -2.37. The van der Waals surface area contributed by atoms with Gasteiger partial charge in [-0.3, -0.25) is 5.01 Å². The molecule has 3 aromatic carbocycles. The number of fused-ring (bicyclic) bond motifs is 1. The van der Waals surface area contributed by atoms with Gasteiger partial charge in [0.15, 0.2) is 17.4 Å². The molecule has 2 heterocycles. The summed E-state index contributed by atoms with van der Waals surface area (Å²) in [7, 11) is 1.47. The lowest BCUT2D eigenvalue weighted by Crippen LogP contribution is -2.44. The second-order valence-electron chi connectivity index (χ2n) is 9.71. The predicted molar refractivity (Wildman–Crippen MR) is 133 cm³/mol. The SMILES string of the molecule is COc1nn(N2CCC(C)(C)CC2)c2c(F)c(OCc3ccccc3)c(F)c(-c3ccccc3)c12. The number of hydrogen-bond donors (Lipinski definition) is 0. The van der Waals surface area contributed by atoms with E-state index in [4.69, 9.17) is 9.47 Å². The van der Waals surface area contributed by atoms with E-state index in [0.717, 1.165) is 18.4 Å². The van der Waals surface area contributed by atoms with Crippen molar-refractivity contribution in [2.75, 3.05) is 25.2 Å². The number of aromatic nitrogens is 2. The molecule has 7 heteroatoms. The number of benzene rings is 3. The number of piperidine rings is 1. The van der Waals surface area contributed by atoms with Crippen molar-refractivity contribution in [1.82, 2.24) is 9.89 Å². The molecule has 1 aromatic heterocycles. The van der Waals surface area contributed by atoms with Crippen molar-refractivity contribution >= 4 is 10.9 Å². The fourth-order valence-electron chi connectivity index (χ4n) is 4.61. The highest BCUT2D eigenvalue weighted by Crippen LogP contribution is 2.44. The van der Waals surface area contributed by atoms with Gasteiger partial charge >= 0.3 is 0 Å². The van der Waals surface area contributed by atoms with Gasteiger partial charge in [-0.2, -0.15) is 4.79 Å². The molecule has 0 atom stereocenters. The van der Waals surface area contributed by atoms with Crippen LogP contribution in [-0.4, -0.2) is 30.1 Å². The Bertz CT molecular complexity index is 1330. The largest absolute Gasteiger partial charge is 0.483 e. The predicted octanol–water partition coefficient (Wildman–Crippen LogP) is 6.33. The molecule has 0 bridgehead atoms. The van der Waals surface area contributed by atoms with Crippen molar-refractivity contribution < 1.29 is 18.3 Å². The fourth-order valence-corrected chi connectivity index (χ4v) is 4.61. The van der Waals surface area contributed by atoms with Gasteiger partial charge in [-0.1, -0.05) is 74.5 Å². The minimum absolute atomic E-state index is 0.0393. The van der Waals surface area contributed by atoms with Crippen LogP contribution in [0.4, 0.5) is 8.78 Å². The minimum atomic E-state index is -0.784. The van der Waals surface area contributed by atoms with Gasteiger partial charge in [0, 0.05) is 18.7 Å². The van der Waals surface area contributed by atoms with E-state index >= 15 is 8.78 Å². The van der Waals surface area contributed by atoms with Crippen LogP contribution in [0.3, 0.4) is 0 Å². The second-order valence-corrected chi connectivity index (χ2v) is 9.71. The van der Waals surface area contributed by atoms with Crippen LogP contribution in [0, 0.1) is 17.0 Å². The van der Waals surface area contributed by atoms with Crippen LogP contribution in [0.2, 0.25) is 0 Å². The molecular formula is C28H29F2N3O2. The summed E-state index contributed by atoms with van der Waals surface area (Å²) >= 11 is 0. The summed E-state index contributed by atoms with van der Waals surface area (Å²) in [6, 6.07) is 18.4. The Hall–Kier alpha value is -3.61. The Labute approximate surface area is 203 Å². The molecule has 0 N–H and O–H groups in total. The zero-order valence-corrected chi connectivity index (χ0v) is 20.2. The van der Waals surface area contributed by atoms with Gasteiger partial charge in [-0.15, -0.1) is 5.10 Å². The Balaban J connectivity index is 1.71. The van der Waals surface area contributed by atoms with Crippen LogP contribution in [0.5, 0.6) is 11.6 Å². The van der Waals surface area contributed by atoms with Crippen molar-refractivity contribution in [1.29, 1.82) is 0 Å². The zero-order chi connectivity index (χ0) is 24.6. The second kappa shape index (κ2) is 9.21. The highest BCUT2D eigenvalue weighted by molar-refractivity contribution is 6.01. The highest BCUT2D eigenvalue weighted by atomic mass is 19.1. The molecule has 5 rings (SSSR count). The molecule has 0 spiro atoms. The summed E-state index contributed by atoms with van der Waals surface area (Å²) in [5, 5.41) is 6.87. The first kappa shape index (κ1) is 23.1. The van der Waals surface area contributed by atoms with Crippen LogP contribution < -0.4 is 14.5 Å². The smallest absolute Gasteiger partial charge is 0.243 e. The summed E-state index contributed by atoms with van der Waals surface area (Å²) < 4.78 is 43.5. The molecule has 1 fully saturated rings. The molecule has 0 aliphatic carbocycles. The molecule has 35 heavy (non-hydrogen) atoms. The molecule has 0 radical (unpaired) electrons. The summed E-state index contributed by atoms with van der Waals surface area (Å²) in [4.78, 5) is 1.54. The van der Waals surface area contributed by atoms with E-state index in [1.807, 2.05) is 53.5 Å². The molecule has 1 aliphatic heterocycles. The quantitative estimate of drug-likeness (QED) is 0.325. The fraction of sp³-hybridized carbons (Fsp3) is 0.321. The maximum atomic E-state index is 16.1. The number of ether oxygens (including phenoxy) is 2. The van der Waals surface area contributed by atoms with Crippen LogP contribution in [0.1, 0.15) is 32.3 Å². The van der Waals surface area contributed by atoms with Crippen molar-refractivity contribution in [2.45, 2.75) is 33.3 Å². The maximum Gasteiger partial charge on any atom is 0.243 e. The standard InChI is InChI=1S/C28H29F2N3O2/c1-28(2)14-16-32(17-15-28)33-25-22(27(31-33)34-3)21(20-12-8-5-9-13-20)23(29)26(24(25)30)35-18-19-10-6-4-7-11-19/h4-13H,14-18H2,1-3H3. The van der Waals surface area contributed by atoms with E-state index in [2.05, 4.69) is 18.9 Å². The number of nitrogens with zero attached hydrogens (tertiary/aromatic N) is 3. The van der Waals surface area contributed by atoms with E-state index in [1.54, 1.807) is 16.9 Å². The van der Waals surface area contributed by atoms with Gasteiger partial charge in [0.25, 0.3) is 0 Å². The number of halogens is 2. The Morgan fingerprint density at radius 3 is 2.17 bits per heavy atom. The number of rotatable bonds is 6. The van der Waals surface area contributed by atoms with E-state index in [1.165, 1.54) is 7.11 Å². The van der Waals surface area contributed by atoms with Crippen molar-refractivity contribution in [3.8, 4) is 22.8 Å². The van der Waals surface area contributed by atoms with Gasteiger partial charge in [0.1, 0.15) is 12.1 Å². The Kier molecular flexibility index (Phi) is 6.09. The number of hydrogen-bond acceptors (Lipinski definition) is 4. The molecule has 0 saturated carbocycles. The molecule has 1 aliphatic rings. The van der Waals surface area contributed by atoms with Crippen LogP contribution >= 0.6 is 0 Å². The Morgan fingerprint density at radius 2 is 1.54 bits per heavy atom. The maximum absolute atomic E-state index is 16.1. The molecule has 0 unspecified atom stereocenters. The minimum Gasteiger partial charge on any atom is -0.483 e. The average Bonchev–Trinajstić information content (AvgIpc) is 3.25. The van der Waals surface area contributed by atoms with Gasteiger partial charge in [0.2, 0.25) is 5.88 Å². The van der Waals surface area contributed by atoms with Gasteiger partial charge in [-0.25, -0.2) is 8.78 Å². The summed E-state index contributed by atoms with van der Waals surface area (Å²) in [5.74, 6) is -1.79. The Morgan fingerprint density at radius 1 is 0.914 bits per heavy atom. The van der Waals surface area contributed by atoms with Crippen LogP contribution in [0.25, 0.3) is 22.0 Å². The average molecular weight is 478 g/mol. The first-order valence-electron chi connectivity index (χ1n) is 11.8. The topological polar surface area (TPSA) is 39.5 Å². The molecular weight excluding hydrogens is 448 g/mol.